The number of ketones is 1. The normalized spacial score (nSPS) is 11.8. The average molecular weight is 457 g/mol. The van der Waals surface area contributed by atoms with E-state index in [-0.39, 0.29) is 5.56 Å². The number of nitrogens with one attached hydrogen (secondary N) is 2. The first-order valence-electron chi connectivity index (χ1n) is 9.29. The zero-order valence-corrected chi connectivity index (χ0v) is 17.7. The first-order chi connectivity index (χ1) is 15.2. The number of halogens is 2. The van der Waals surface area contributed by atoms with Gasteiger partial charge in [-0.2, -0.15) is 12.7 Å². The Balaban J connectivity index is 1.80. The van der Waals surface area contributed by atoms with E-state index in [1.165, 1.54) is 20.3 Å². The van der Waals surface area contributed by atoms with Gasteiger partial charge in [0.1, 0.15) is 11.5 Å². The SMILES string of the molecule is CN(C)S(=O)(=O)Nc1ccc(F)c(C(=O)c2c[nH]c3ncc(-c4cccnc4)cc23)c1F. The summed E-state index contributed by atoms with van der Waals surface area (Å²) in [6.45, 7) is 0. The number of H-pyrrole nitrogens is 1. The number of hydrogen-bond acceptors (Lipinski definition) is 5. The van der Waals surface area contributed by atoms with Crippen LogP contribution in [0.3, 0.4) is 0 Å². The van der Waals surface area contributed by atoms with Crippen molar-refractivity contribution < 1.29 is 22.0 Å². The van der Waals surface area contributed by atoms with E-state index in [4.69, 9.17) is 0 Å². The molecule has 0 atom stereocenters. The summed E-state index contributed by atoms with van der Waals surface area (Å²) >= 11 is 0. The maximum Gasteiger partial charge on any atom is 0.301 e. The zero-order valence-electron chi connectivity index (χ0n) is 16.9. The second kappa shape index (κ2) is 8.09. The van der Waals surface area contributed by atoms with E-state index < -0.39 is 38.9 Å². The zero-order chi connectivity index (χ0) is 23.0. The van der Waals surface area contributed by atoms with Crippen molar-refractivity contribution in [2.75, 3.05) is 18.8 Å². The van der Waals surface area contributed by atoms with Crippen LogP contribution in [-0.4, -0.2) is 47.6 Å². The fourth-order valence-corrected chi connectivity index (χ4v) is 3.71. The molecule has 0 spiro atoms. The maximum absolute atomic E-state index is 15.1. The van der Waals surface area contributed by atoms with Gasteiger partial charge in [0.25, 0.3) is 0 Å². The van der Waals surface area contributed by atoms with Crippen LogP contribution in [0.15, 0.2) is 55.1 Å². The maximum atomic E-state index is 15.1. The topological polar surface area (TPSA) is 108 Å². The van der Waals surface area contributed by atoms with Crippen LogP contribution < -0.4 is 4.72 Å². The van der Waals surface area contributed by atoms with Crippen LogP contribution in [0.2, 0.25) is 0 Å². The van der Waals surface area contributed by atoms with Crippen LogP contribution >= 0.6 is 0 Å². The third-order valence-electron chi connectivity index (χ3n) is 4.81. The van der Waals surface area contributed by atoms with Crippen molar-refractivity contribution in [2.24, 2.45) is 0 Å². The van der Waals surface area contributed by atoms with E-state index in [1.54, 1.807) is 30.7 Å². The second-order valence-corrected chi connectivity index (χ2v) is 8.95. The van der Waals surface area contributed by atoms with Gasteiger partial charge in [-0.15, -0.1) is 0 Å². The minimum absolute atomic E-state index is 0.0105. The molecule has 0 fully saturated rings. The molecule has 0 aliphatic carbocycles. The summed E-state index contributed by atoms with van der Waals surface area (Å²) in [6, 6.07) is 6.96. The molecule has 3 heterocycles. The Morgan fingerprint density at radius 1 is 1.12 bits per heavy atom. The van der Waals surface area contributed by atoms with Gasteiger partial charge in [0.2, 0.25) is 5.78 Å². The number of hydrogen-bond donors (Lipinski definition) is 2. The summed E-state index contributed by atoms with van der Waals surface area (Å²) in [4.78, 5) is 24.3. The summed E-state index contributed by atoms with van der Waals surface area (Å²) < 4.78 is 56.5. The van der Waals surface area contributed by atoms with Crippen molar-refractivity contribution in [3.05, 3.63) is 77.9 Å². The van der Waals surface area contributed by atoms with Gasteiger partial charge in [0.05, 0.1) is 11.3 Å². The molecule has 0 aliphatic heterocycles. The number of aromatic nitrogens is 3. The molecule has 11 heteroatoms. The lowest BCUT2D eigenvalue weighted by atomic mass is 10.00. The van der Waals surface area contributed by atoms with Gasteiger partial charge in [-0.1, -0.05) is 6.07 Å². The van der Waals surface area contributed by atoms with E-state index in [9.17, 15) is 17.6 Å². The highest BCUT2D eigenvalue weighted by Crippen LogP contribution is 2.29. The van der Waals surface area contributed by atoms with Crippen molar-refractivity contribution in [1.82, 2.24) is 19.3 Å². The molecule has 0 aliphatic rings. The van der Waals surface area contributed by atoms with Crippen LogP contribution in [0.4, 0.5) is 14.5 Å². The van der Waals surface area contributed by atoms with Crippen molar-refractivity contribution in [3.63, 3.8) is 0 Å². The lowest BCUT2D eigenvalue weighted by Crippen LogP contribution is -2.29. The number of benzene rings is 1. The number of anilines is 1. The van der Waals surface area contributed by atoms with Crippen LogP contribution in [0.5, 0.6) is 0 Å². The molecular formula is C21H17F2N5O3S. The Morgan fingerprint density at radius 3 is 2.59 bits per heavy atom. The molecule has 164 valence electrons. The Hall–Kier alpha value is -3.70. The van der Waals surface area contributed by atoms with E-state index in [1.807, 2.05) is 10.8 Å². The van der Waals surface area contributed by atoms with Gasteiger partial charge in [0, 0.05) is 61.0 Å². The van der Waals surface area contributed by atoms with E-state index in [0.717, 1.165) is 22.0 Å². The highest BCUT2D eigenvalue weighted by molar-refractivity contribution is 7.90. The minimum atomic E-state index is -4.07. The predicted molar refractivity (Wildman–Crippen MR) is 115 cm³/mol. The molecular weight excluding hydrogens is 440 g/mol. The number of fused-ring (bicyclic) bond motifs is 1. The van der Waals surface area contributed by atoms with Crippen LogP contribution in [0.1, 0.15) is 15.9 Å². The molecule has 0 amide bonds. The van der Waals surface area contributed by atoms with E-state index in [0.29, 0.717) is 16.6 Å². The second-order valence-electron chi connectivity index (χ2n) is 7.07. The minimum Gasteiger partial charge on any atom is -0.345 e. The number of aromatic amines is 1. The molecule has 32 heavy (non-hydrogen) atoms. The standard InChI is InChI=1S/C21H17F2N5O3S/c1-28(2)32(30,31)27-17-6-5-16(22)18(19(17)23)20(29)15-11-26-21-14(15)8-13(10-25-21)12-4-3-7-24-9-12/h3-11,27H,1-2H3,(H,25,26). The fraction of sp³-hybridized carbons (Fsp3) is 0.0952. The smallest absolute Gasteiger partial charge is 0.301 e. The number of rotatable bonds is 6. The average Bonchev–Trinajstić information content (AvgIpc) is 3.19. The van der Waals surface area contributed by atoms with Crippen molar-refractivity contribution in [3.8, 4) is 11.1 Å². The molecule has 0 radical (unpaired) electrons. The molecule has 0 unspecified atom stereocenters. The lowest BCUT2D eigenvalue weighted by Gasteiger charge is -2.15. The molecule has 2 N–H and O–H groups in total. The van der Waals surface area contributed by atoms with Crippen LogP contribution in [-0.2, 0) is 10.2 Å². The Morgan fingerprint density at radius 2 is 1.91 bits per heavy atom. The highest BCUT2D eigenvalue weighted by atomic mass is 32.2. The summed E-state index contributed by atoms with van der Waals surface area (Å²) in [6.07, 6.45) is 6.13. The summed E-state index contributed by atoms with van der Waals surface area (Å²) in [5.74, 6) is -3.39. The molecule has 1 aromatic carbocycles. The summed E-state index contributed by atoms with van der Waals surface area (Å²) in [5.41, 5.74) is 0.329. The molecule has 8 nitrogen and oxygen atoms in total. The van der Waals surface area contributed by atoms with Crippen LogP contribution in [0.25, 0.3) is 22.2 Å². The number of carbonyl (C=O) groups is 1. The van der Waals surface area contributed by atoms with E-state index in [2.05, 4.69) is 15.0 Å². The van der Waals surface area contributed by atoms with Gasteiger partial charge in [-0.05, 0) is 24.3 Å². The first kappa shape index (κ1) is 21.5. The monoisotopic (exact) mass is 457 g/mol. The molecule has 4 rings (SSSR count). The lowest BCUT2D eigenvalue weighted by molar-refractivity contribution is 0.103. The van der Waals surface area contributed by atoms with E-state index >= 15 is 4.39 Å². The van der Waals surface area contributed by atoms with Crippen molar-refractivity contribution >= 4 is 32.7 Å². The van der Waals surface area contributed by atoms with Crippen molar-refractivity contribution in [2.45, 2.75) is 0 Å². The Kier molecular flexibility index (Phi) is 5.45. The third kappa shape index (κ3) is 3.83. The highest BCUT2D eigenvalue weighted by Gasteiger charge is 2.26. The first-order valence-corrected chi connectivity index (χ1v) is 10.7. The Bertz CT molecular complexity index is 1440. The Labute approximate surface area is 182 Å². The number of nitrogens with zero attached hydrogens (tertiary/aromatic N) is 3. The van der Waals surface area contributed by atoms with Crippen molar-refractivity contribution in [1.29, 1.82) is 0 Å². The largest absolute Gasteiger partial charge is 0.345 e. The molecule has 0 saturated carbocycles. The van der Waals surface area contributed by atoms with Gasteiger partial charge in [-0.3, -0.25) is 14.5 Å². The van der Waals surface area contributed by atoms with Gasteiger partial charge in [-0.25, -0.2) is 13.8 Å². The molecule has 3 aromatic heterocycles. The number of carbonyl (C=O) groups excluding carboxylic acids is 1. The number of pyridine rings is 2. The summed E-state index contributed by atoms with van der Waals surface area (Å²) in [7, 11) is -1.58. The van der Waals surface area contributed by atoms with Gasteiger partial charge < -0.3 is 4.98 Å². The molecule has 0 bridgehead atoms. The third-order valence-corrected chi connectivity index (χ3v) is 6.25. The van der Waals surface area contributed by atoms with Gasteiger partial charge >= 0.3 is 10.2 Å². The van der Waals surface area contributed by atoms with Crippen LogP contribution in [0, 0.1) is 11.6 Å². The fourth-order valence-electron chi connectivity index (χ4n) is 3.09. The quantitative estimate of drug-likeness (QED) is 0.432. The predicted octanol–water partition coefficient (Wildman–Crippen LogP) is 3.35. The summed E-state index contributed by atoms with van der Waals surface area (Å²) in [5, 5.41) is 0.356. The molecule has 0 saturated heterocycles. The molecule has 4 aromatic rings. The van der Waals surface area contributed by atoms with Gasteiger partial charge in [0.15, 0.2) is 5.82 Å².